The third-order valence-corrected chi connectivity index (χ3v) is 2.75. The molecule has 0 spiro atoms. The third kappa shape index (κ3) is 4.02. The zero-order chi connectivity index (χ0) is 15.1. The lowest BCUT2D eigenvalue weighted by atomic mass is 10.2. The van der Waals surface area contributed by atoms with Crippen LogP contribution in [0.3, 0.4) is 0 Å². The number of carbonyl (C=O) groups excluding carboxylic acids is 3. The normalized spacial score (nSPS) is 14.8. The van der Waals surface area contributed by atoms with Crippen LogP contribution in [0, 0.1) is 0 Å². The lowest BCUT2D eigenvalue weighted by molar-refractivity contribution is -0.154. The SMILES string of the molecule is CCOC(=O)C(=O)C(=CN1CCNC1=S)C(=O)OCC. The van der Waals surface area contributed by atoms with Gasteiger partial charge in [-0.1, -0.05) is 0 Å². The molecule has 1 aliphatic heterocycles. The van der Waals surface area contributed by atoms with Gasteiger partial charge in [0.1, 0.15) is 5.57 Å². The van der Waals surface area contributed by atoms with Gasteiger partial charge in [-0.25, -0.2) is 9.59 Å². The van der Waals surface area contributed by atoms with E-state index in [2.05, 4.69) is 10.1 Å². The zero-order valence-corrected chi connectivity index (χ0v) is 12.1. The Hall–Kier alpha value is -1.96. The van der Waals surface area contributed by atoms with Crippen LogP contribution in [-0.2, 0) is 23.9 Å². The van der Waals surface area contributed by atoms with E-state index >= 15 is 0 Å². The highest BCUT2D eigenvalue weighted by atomic mass is 32.1. The van der Waals surface area contributed by atoms with Gasteiger partial charge >= 0.3 is 11.9 Å². The van der Waals surface area contributed by atoms with E-state index < -0.39 is 23.3 Å². The first-order valence-electron chi connectivity index (χ1n) is 6.16. The monoisotopic (exact) mass is 300 g/mol. The number of rotatable bonds is 6. The lowest BCUT2D eigenvalue weighted by Gasteiger charge is -2.13. The molecular formula is C12H16N2O5S. The van der Waals surface area contributed by atoms with Crippen molar-refractivity contribution in [1.82, 2.24) is 10.2 Å². The van der Waals surface area contributed by atoms with Crippen LogP contribution in [0.5, 0.6) is 0 Å². The Morgan fingerprint density at radius 3 is 2.35 bits per heavy atom. The van der Waals surface area contributed by atoms with Gasteiger partial charge in [-0.05, 0) is 26.1 Å². The van der Waals surface area contributed by atoms with E-state index in [0.717, 1.165) is 0 Å². The van der Waals surface area contributed by atoms with E-state index in [1.165, 1.54) is 11.1 Å². The summed E-state index contributed by atoms with van der Waals surface area (Å²) in [5.41, 5.74) is -0.392. The first-order valence-corrected chi connectivity index (χ1v) is 6.56. The summed E-state index contributed by atoms with van der Waals surface area (Å²) in [6, 6.07) is 0. The molecule has 0 aromatic heterocycles. The number of thiocarbonyl (C=S) groups is 1. The predicted octanol–water partition coefficient (Wildman–Crippen LogP) is -0.244. The number of carbonyl (C=O) groups is 3. The topological polar surface area (TPSA) is 84.9 Å². The van der Waals surface area contributed by atoms with E-state index in [9.17, 15) is 14.4 Å². The van der Waals surface area contributed by atoms with E-state index in [1.807, 2.05) is 0 Å². The van der Waals surface area contributed by atoms with Crippen molar-refractivity contribution in [2.24, 2.45) is 0 Å². The highest BCUT2D eigenvalue weighted by molar-refractivity contribution is 7.80. The molecule has 0 atom stereocenters. The molecule has 8 heteroatoms. The van der Waals surface area contributed by atoms with Crippen molar-refractivity contribution in [3.05, 3.63) is 11.8 Å². The number of hydrogen-bond donors (Lipinski definition) is 1. The molecule has 0 saturated carbocycles. The maximum Gasteiger partial charge on any atom is 0.380 e. The molecule has 0 radical (unpaired) electrons. The van der Waals surface area contributed by atoms with Crippen LogP contribution in [0.4, 0.5) is 0 Å². The first kappa shape index (κ1) is 16.1. The maximum absolute atomic E-state index is 11.9. The smallest absolute Gasteiger partial charge is 0.380 e. The summed E-state index contributed by atoms with van der Waals surface area (Å²) in [5, 5.41) is 3.25. The fraction of sp³-hybridized carbons (Fsp3) is 0.500. The summed E-state index contributed by atoms with van der Waals surface area (Å²) >= 11 is 5.00. The molecule has 0 bridgehead atoms. The standard InChI is InChI=1S/C12H16N2O5S/c1-3-18-10(16)8(9(15)11(17)19-4-2)7-14-6-5-13-12(14)20/h7H,3-6H2,1-2H3,(H,13,20). The summed E-state index contributed by atoms with van der Waals surface area (Å²) in [6.45, 7) is 4.40. The number of nitrogens with zero attached hydrogens (tertiary/aromatic N) is 1. The van der Waals surface area contributed by atoms with Gasteiger partial charge < -0.3 is 19.7 Å². The van der Waals surface area contributed by atoms with Crippen molar-refractivity contribution >= 4 is 35.1 Å². The fourth-order valence-electron chi connectivity index (χ4n) is 1.48. The van der Waals surface area contributed by atoms with E-state index in [4.69, 9.17) is 17.0 Å². The van der Waals surface area contributed by atoms with Crippen molar-refractivity contribution in [3.63, 3.8) is 0 Å². The van der Waals surface area contributed by atoms with Gasteiger partial charge in [0.15, 0.2) is 5.11 Å². The summed E-state index contributed by atoms with van der Waals surface area (Å²) < 4.78 is 9.37. The number of nitrogens with one attached hydrogen (secondary N) is 1. The molecule has 1 rings (SSSR count). The number of ether oxygens (including phenoxy) is 2. The van der Waals surface area contributed by atoms with Crippen LogP contribution in [0.15, 0.2) is 11.8 Å². The quantitative estimate of drug-likeness (QED) is 0.180. The number of hydrogen-bond acceptors (Lipinski definition) is 6. The summed E-state index contributed by atoms with van der Waals surface area (Å²) in [4.78, 5) is 36.6. The van der Waals surface area contributed by atoms with Gasteiger partial charge in [-0.2, -0.15) is 0 Å². The second-order valence-electron chi connectivity index (χ2n) is 3.74. The van der Waals surface area contributed by atoms with Crippen molar-refractivity contribution in [3.8, 4) is 0 Å². The van der Waals surface area contributed by atoms with Crippen molar-refractivity contribution < 1.29 is 23.9 Å². The first-order chi connectivity index (χ1) is 9.51. The van der Waals surface area contributed by atoms with Crippen molar-refractivity contribution in [2.75, 3.05) is 26.3 Å². The summed E-state index contributed by atoms with van der Waals surface area (Å²) in [7, 11) is 0. The molecule has 0 aliphatic carbocycles. The minimum Gasteiger partial charge on any atom is -0.462 e. The average molecular weight is 300 g/mol. The third-order valence-electron chi connectivity index (χ3n) is 2.38. The van der Waals surface area contributed by atoms with Gasteiger partial charge in [0.2, 0.25) is 0 Å². The molecule has 1 fully saturated rings. The van der Waals surface area contributed by atoms with Gasteiger partial charge in [0, 0.05) is 19.3 Å². The molecule has 20 heavy (non-hydrogen) atoms. The minimum absolute atomic E-state index is 0.0460. The highest BCUT2D eigenvalue weighted by Crippen LogP contribution is 2.08. The van der Waals surface area contributed by atoms with E-state index in [-0.39, 0.29) is 13.2 Å². The van der Waals surface area contributed by atoms with Crippen molar-refractivity contribution in [1.29, 1.82) is 0 Å². The van der Waals surface area contributed by atoms with Crippen molar-refractivity contribution in [2.45, 2.75) is 13.8 Å². The lowest BCUT2D eigenvalue weighted by Crippen LogP contribution is -2.29. The average Bonchev–Trinajstić information content (AvgIpc) is 2.81. The van der Waals surface area contributed by atoms with Gasteiger partial charge in [-0.3, -0.25) is 4.79 Å². The fourth-order valence-corrected chi connectivity index (χ4v) is 1.73. The van der Waals surface area contributed by atoms with Crippen LogP contribution in [0.1, 0.15) is 13.8 Å². The Labute approximate surface area is 121 Å². The van der Waals surface area contributed by atoms with E-state index in [1.54, 1.807) is 13.8 Å². The largest absolute Gasteiger partial charge is 0.462 e. The van der Waals surface area contributed by atoms with E-state index in [0.29, 0.717) is 18.2 Å². The molecule has 110 valence electrons. The Morgan fingerprint density at radius 1 is 1.25 bits per heavy atom. The second kappa shape index (κ2) is 7.59. The molecule has 7 nitrogen and oxygen atoms in total. The van der Waals surface area contributed by atoms with Crippen LogP contribution in [0.25, 0.3) is 0 Å². The molecule has 0 amide bonds. The van der Waals surface area contributed by atoms with Gasteiger partial charge in [-0.15, -0.1) is 0 Å². The molecule has 1 saturated heterocycles. The highest BCUT2D eigenvalue weighted by Gasteiger charge is 2.29. The van der Waals surface area contributed by atoms with Crippen LogP contribution >= 0.6 is 12.2 Å². The Balaban J connectivity index is 2.98. The maximum atomic E-state index is 11.9. The Morgan fingerprint density at radius 2 is 1.85 bits per heavy atom. The van der Waals surface area contributed by atoms with Gasteiger partial charge in [0.25, 0.3) is 5.78 Å². The predicted molar refractivity (Wildman–Crippen MR) is 73.7 cm³/mol. The molecule has 1 aliphatic rings. The molecular weight excluding hydrogens is 284 g/mol. The second-order valence-corrected chi connectivity index (χ2v) is 4.12. The number of esters is 2. The van der Waals surface area contributed by atoms with Crippen LogP contribution < -0.4 is 5.32 Å². The number of ketones is 1. The Bertz CT molecular complexity index is 461. The Kier molecular flexibility index (Phi) is 6.10. The van der Waals surface area contributed by atoms with Gasteiger partial charge in [0.05, 0.1) is 13.2 Å². The summed E-state index contributed by atoms with van der Waals surface area (Å²) in [5.74, 6) is -3.01. The molecule has 0 aromatic rings. The van der Waals surface area contributed by atoms with Crippen LogP contribution in [0.2, 0.25) is 0 Å². The molecule has 1 N–H and O–H groups in total. The van der Waals surface area contributed by atoms with Crippen LogP contribution in [-0.4, -0.2) is 54.0 Å². The number of Topliss-reactive ketones (excluding diaryl/α,β-unsaturated/α-hetero) is 1. The summed E-state index contributed by atoms with van der Waals surface area (Å²) in [6.07, 6.45) is 1.22. The molecule has 0 unspecified atom stereocenters. The zero-order valence-electron chi connectivity index (χ0n) is 11.3. The molecule has 1 heterocycles. The molecule has 0 aromatic carbocycles. The minimum atomic E-state index is -1.09.